The van der Waals surface area contributed by atoms with Gasteiger partial charge >= 0.3 is 5.97 Å². The van der Waals surface area contributed by atoms with Crippen molar-refractivity contribution in [2.45, 2.75) is 24.9 Å². The number of nitrogens with two attached hydrogens (primary N) is 1. The molecule has 0 aliphatic carbocycles. The van der Waals surface area contributed by atoms with E-state index in [4.69, 9.17) is 15.2 Å². The van der Waals surface area contributed by atoms with E-state index in [2.05, 4.69) is 5.32 Å². The molecule has 2 heterocycles. The fourth-order valence-electron chi connectivity index (χ4n) is 6.04. The number of esters is 1. The zero-order valence-corrected chi connectivity index (χ0v) is 25.1. The van der Waals surface area contributed by atoms with Crippen molar-refractivity contribution in [2.24, 2.45) is 5.73 Å². The summed E-state index contributed by atoms with van der Waals surface area (Å²) in [6.07, 6.45) is 1.58. The molecule has 2 aliphatic rings. The SMILES string of the molecule is C[N+](CCCN)(CCCNC(=O)c1ccc2c(c1)C(=O)OC21c2ccc(O)cc2Oc2cc(O)ccc21)CCCS(=O)(=O)[O-]. The summed E-state index contributed by atoms with van der Waals surface area (Å²) >= 11 is 0. The van der Waals surface area contributed by atoms with Crippen LogP contribution in [0.1, 0.15) is 56.7 Å². The number of amides is 1. The van der Waals surface area contributed by atoms with Crippen LogP contribution in [0.2, 0.25) is 0 Å². The summed E-state index contributed by atoms with van der Waals surface area (Å²) in [5.41, 5.74) is 6.20. The number of hydrogen-bond donors (Lipinski definition) is 4. The van der Waals surface area contributed by atoms with E-state index in [0.717, 1.165) is 6.42 Å². The van der Waals surface area contributed by atoms with Crippen LogP contribution in [0, 0.1) is 0 Å². The van der Waals surface area contributed by atoms with Crippen LogP contribution in [0.15, 0.2) is 54.6 Å². The van der Waals surface area contributed by atoms with Crippen molar-refractivity contribution in [1.82, 2.24) is 5.32 Å². The Kier molecular flexibility index (Phi) is 8.58. The molecule has 0 radical (unpaired) electrons. The van der Waals surface area contributed by atoms with Crippen molar-refractivity contribution in [1.29, 1.82) is 0 Å². The zero-order valence-electron chi connectivity index (χ0n) is 24.2. The van der Waals surface area contributed by atoms with Crippen LogP contribution in [0.4, 0.5) is 0 Å². The van der Waals surface area contributed by atoms with Gasteiger partial charge in [-0.2, -0.15) is 0 Å². The Labute approximate surface area is 255 Å². The van der Waals surface area contributed by atoms with E-state index in [1.807, 2.05) is 7.05 Å². The lowest BCUT2D eigenvalue weighted by atomic mass is 9.77. The molecular formula is C31H35N3O9S. The van der Waals surface area contributed by atoms with Gasteiger partial charge in [0.1, 0.15) is 23.0 Å². The molecule has 1 atom stereocenters. The average molecular weight is 626 g/mol. The van der Waals surface area contributed by atoms with Crippen LogP contribution in [-0.2, 0) is 20.5 Å². The third-order valence-corrected chi connectivity index (χ3v) is 8.98. The van der Waals surface area contributed by atoms with Crippen LogP contribution < -0.4 is 15.8 Å². The molecule has 1 spiro atoms. The first-order valence-corrected chi connectivity index (χ1v) is 15.9. The summed E-state index contributed by atoms with van der Waals surface area (Å²) in [7, 11) is -2.31. The van der Waals surface area contributed by atoms with Crippen LogP contribution in [0.3, 0.4) is 0 Å². The van der Waals surface area contributed by atoms with Crippen LogP contribution in [-0.4, -0.2) is 85.1 Å². The largest absolute Gasteiger partial charge is 0.748 e. The molecule has 0 fully saturated rings. The Balaban J connectivity index is 1.33. The third-order valence-electron chi connectivity index (χ3n) is 8.19. The Morgan fingerprint density at radius 1 is 0.932 bits per heavy atom. The molecule has 1 amide bonds. The van der Waals surface area contributed by atoms with E-state index >= 15 is 0 Å². The number of phenols is 2. The van der Waals surface area contributed by atoms with Crippen molar-refractivity contribution < 1.29 is 46.7 Å². The van der Waals surface area contributed by atoms with Crippen LogP contribution >= 0.6 is 0 Å². The zero-order chi connectivity index (χ0) is 31.7. The first-order valence-electron chi connectivity index (χ1n) is 14.3. The Morgan fingerprint density at radius 3 is 2.14 bits per heavy atom. The summed E-state index contributed by atoms with van der Waals surface area (Å²) in [6, 6.07) is 13.7. The quantitative estimate of drug-likeness (QED) is 0.101. The lowest BCUT2D eigenvalue weighted by molar-refractivity contribution is -0.909. The van der Waals surface area contributed by atoms with Gasteiger partial charge in [0.15, 0.2) is 5.60 Å². The van der Waals surface area contributed by atoms with Crippen molar-refractivity contribution in [2.75, 3.05) is 45.5 Å². The van der Waals surface area contributed by atoms with Gasteiger partial charge in [-0.05, 0) is 42.9 Å². The summed E-state index contributed by atoms with van der Waals surface area (Å²) in [4.78, 5) is 26.4. The standard InChI is InChI=1S/C31H35N3O9S/c1-34(13-2-11-32,15-4-16-44(39,40)41)14-3-12-33-29(37)20-5-8-24-23(17-20)30(38)43-31(24)25-9-6-21(35)18-27(25)42-28-19-22(36)7-10-26(28)31/h5-10,17-19H,2-4,11-16,32H2,1H3,(H3-,33,35,36,37,39,40,41). The molecule has 0 aromatic heterocycles. The molecule has 5 N–H and O–H groups in total. The van der Waals surface area contributed by atoms with Gasteiger partial charge in [0, 0.05) is 65.9 Å². The van der Waals surface area contributed by atoms with E-state index in [9.17, 15) is 32.8 Å². The molecule has 5 rings (SSSR count). The number of quaternary nitrogens is 1. The minimum atomic E-state index is -4.29. The molecule has 12 nitrogen and oxygen atoms in total. The third kappa shape index (κ3) is 6.22. The second-order valence-corrected chi connectivity index (χ2v) is 13.0. The Hall–Kier alpha value is -4.17. The minimum absolute atomic E-state index is 0.0482. The molecular weight excluding hydrogens is 590 g/mol. The van der Waals surface area contributed by atoms with E-state index < -0.39 is 27.4 Å². The monoisotopic (exact) mass is 625 g/mol. The number of carbonyl (C=O) groups excluding carboxylic acids is 2. The maximum absolute atomic E-state index is 13.3. The van der Waals surface area contributed by atoms with Gasteiger partial charge in [0.25, 0.3) is 5.91 Å². The van der Waals surface area contributed by atoms with E-state index in [0.29, 0.717) is 60.3 Å². The second kappa shape index (κ2) is 12.1. The van der Waals surface area contributed by atoms with Crippen molar-refractivity contribution >= 4 is 22.0 Å². The lowest BCUT2D eigenvalue weighted by Crippen LogP contribution is -2.48. The fourth-order valence-corrected chi connectivity index (χ4v) is 6.53. The topological polar surface area (TPSA) is 188 Å². The molecule has 3 aromatic carbocycles. The Bertz CT molecular complexity index is 1660. The predicted octanol–water partition coefficient (Wildman–Crippen LogP) is 2.52. The molecule has 0 saturated heterocycles. The predicted molar refractivity (Wildman–Crippen MR) is 159 cm³/mol. The minimum Gasteiger partial charge on any atom is -0.748 e. The molecule has 234 valence electrons. The van der Waals surface area contributed by atoms with E-state index in [1.165, 1.54) is 30.3 Å². The second-order valence-electron chi connectivity index (χ2n) is 11.5. The van der Waals surface area contributed by atoms with Gasteiger partial charge in [-0.15, -0.1) is 0 Å². The van der Waals surface area contributed by atoms with E-state index in [-0.39, 0.29) is 46.5 Å². The highest BCUT2D eigenvalue weighted by Gasteiger charge is 2.53. The van der Waals surface area contributed by atoms with Crippen molar-refractivity contribution in [3.63, 3.8) is 0 Å². The number of rotatable bonds is 12. The maximum Gasteiger partial charge on any atom is 0.340 e. The number of nitrogens with zero attached hydrogens (tertiary/aromatic N) is 1. The Morgan fingerprint density at radius 2 is 1.52 bits per heavy atom. The van der Waals surface area contributed by atoms with Gasteiger partial charge in [0.2, 0.25) is 0 Å². The number of nitrogens with one attached hydrogen (secondary N) is 1. The normalized spacial score (nSPS) is 15.8. The summed E-state index contributed by atoms with van der Waals surface area (Å²) in [5, 5.41) is 23.1. The average Bonchev–Trinajstić information content (AvgIpc) is 3.25. The molecule has 1 unspecified atom stereocenters. The van der Waals surface area contributed by atoms with Gasteiger partial charge in [-0.1, -0.05) is 6.07 Å². The van der Waals surface area contributed by atoms with Gasteiger partial charge in [-0.25, -0.2) is 13.2 Å². The number of carbonyl (C=O) groups is 2. The molecule has 2 aliphatic heterocycles. The van der Waals surface area contributed by atoms with Gasteiger partial charge in [0.05, 0.1) is 42.4 Å². The number of phenolic OH excluding ortho intramolecular Hbond substituents is 2. The number of benzene rings is 3. The van der Waals surface area contributed by atoms with Gasteiger partial charge < -0.3 is 39.8 Å². The lowest BCUT2D eigenvalue weighted by Gasteiger charge is -2.36. The number of fused-ring (bicyclic) bond motifs is 6. The first-order chi connectivity index (χ1) is 20.8. The number of hydrogen-bond acceptors (Lipinski definition) is 10. The summed E-state index contributed by atoms with van der Waals surface area (Å²) in [5.74, 6) is -1.01. The summed E-state index contributed by atoms with van der Waals surface area (Å²) in [6.45, 7) is 2.69. The first kappa shape index (κ1) is 31.3. The highest BCUT2D eigenvalue weighted by atomic mass is 32.2. The molecule has 44 heavy (non-hydrogen) atoms. The highest BCUT2D eigenvalue weighted by Crippen LogP contribution is 2.57. The molecule has 3 aromatic rings. The van der Waals surface area contributed by atoms with Crippen LogP contribution in [0.25, 0.3) is 0 Å². The smallest absolute Gasteiger partial charge is 0.340 e. The highest BCUT2D eigenvalue weighted by molar-refractivity contribution is 7.85. The molecule has 0 saturated carbocycles. The van der Waals surface area contributed by atoms with Crippen molar-refractivity contribution in [3.05, 3.63) is 82.4 Å². The maximum atomic E-state index is 13.3. The van der Waals surface area contributed by atoms with Gasteiger partial charge in [-0.3, -0.25) is 4.79 Å². The van der Waals surface area contributed by atoms with Crippen molar-refractivity contribution in [3.8, 4) is 23.0 Å². The molecule has 0 bridgehead atoms. The number of ether oxygens (including phenoxy) is 2. The van der Waals surface area contributed by atoms with Crippen LogP contribution in [0.5, 0.6) is 23.0 Å². The molecule has 13 heteroatoms. The van der Waals surface area contributed by atoms with E-state index in [1.54, 1.807) is 24.3 Å². The number of aromatic hydroxyl groups is 2. The summed E-state index contributed by atoms with van der Waals surface area (Å²) < 4.78 is 45.6. The fraction of sp³-hybridized carbons (Fsp3) is 0.355.